The van der Waals surface area contributed by atoms with Crippen LogP contribution in [0, 0.1) is 0 Å². The smallest absolute Gasteiger partial charge is 0.416 e. The minimum atomic E-state index is -0.595. The first-order valence-electron chi connectivity index (χ1n) is 10.7. The van der Waals surface area contributed by atoms with Crippen molar-refractivity contribution in [2.45, 2.75) is 33.4 Å². The van der Waals surface area contributed by atoms with Gasteiger partial charge in [-0.05, 0) is 37.3 Å². The monoisotopic (exact) mass is 453 g/mol. The van der Waals surface area contributed by atoms with Gasteiger partial charge in [0.2, 0.25) is 0 Å². The number of pyridine rings is 1. The van der Waals surface area contributed by atoms with Gasteiger partial charge < -0.3 is 24.3 Å². The van der Waals surface area contributed by atoms with Crippen molar-refractivity contribution >= 4 is 17.6 Å². The number of nitrogens with one attached hydrogen (secondary N) is 2. The molecule has 2 aromatic rings. The van der Waals surface area contributed by atoms with Gasteiger partial charge in [-0.1, -0.05) is 38.1 Å². The van der Waals surface area contributed by atoms with Gasteiger partial charge in [-0.3, -0.25) is 5.32 Å². The highest BCUT2D eigenvalue weighted by Gasteiger charge is 2.26. The lowest BCUT2D eigenvalue weighted by Crippen LogP contribution is -2.18. The third-order valence-corrected chi connectivity index (χ3v) is 4.38. The van der Waals surface area contributed by atoms with Gasteiger partial charge in [0, 0.05) is 18.2 Å². The highest BCUT2D eigenvalue weighted by molar-refractivity contribution is 5.86. The standard InChI is InChI=1S/C23H25N3O5.C2H6/c1-4-16(9-7-10-17(29-3)15-28-2)30-23(27)25-19-12-6-5-11-18(19)22-26-21-20(31-22)13-8-14-24-21;1-2/h4-8,10-15,22H,9H2,1-3H3,(H,24,26)(H,25,27);1-2H3/b10-7?,16-4+,17-15-;. The van der Waals surface area contributed by atoms with Crippen molar-refractivity contribution in [1.82, 2.24) is 4.98 Å². The van der Waals surface area contributed by atoms with Gasteiger partial charge in [0.1, 0.15) is 12.0 Å². The van der Waals surface area contributed by atoms with Crippen molar-refractivity contribution < 1.29 is 23.7 Å². The number of amides is 1. The number of carbonyl (C=O) groups excluding carboxylic acids is 1. The molecule has 1 aromatic carbocycles. The van der Waals surface area contributed by atoms with Gasteiger partial charge in [-0.2, -0.15) is 0 Å². The normalized spacial score (nSPS) is 14.9. The maximum atomic E-state index is 12.5. The predicted octanol–water partition coefficient (Wildman–Crippen LogP) is 6.14. The highest BCUT2D eigenvalue weighted by Crippen LogP contribution is 2.37. The third-order valence-electron chi connectivity index (χ3n) is 4.38. The van der Waals surface area contributed by atoms with Crippen LogP contribution in [-0.4, -0.2) is 25.3 Å². The molecule has 2 heterocycles. The van der Waals surface area contributed by atoms with Crippen molar-refractivity contribution in [2.75, 3.05) is 24.9 Å². The molecule has 2 N–H and O–H groups in total. The SMILES string of the molecule is C/C=C(\CC=C/C(=C/OC)OC)OC(=O)Nc1ccccc1C1Nc2ncccc2O1.CC. The van der Waals surface area contributed by atoms with Gasteiger partial charge in [0.15, 0.2) is 23.6 Å². The van der Waals surface area contributed by atoms with Crippen molar-refractivity contribution in [2.24, 2.45) is 0 Å². The van der Waals surface area contributed by atoms with E-state index < -0.39 is 12.3 Å². The summed E-state index contributed by atoms with van der Waals surface area (Å²) in [6.07, 6.45) is 7.78. The molecule has 1 aliphatic heterocycles. The number of benzene rings is 1. The van der Waals surface area contributed by atoms with Crippen molar-refractivity contribution in [3.8, 4) is 5.75 Å². The molecule has 0 radical (unpaired) electrons. The maximum absolute atomic E-state index is 12.5. The lowest BCUT2D eigenvalue weighted by molar-refractivity contribution is 0.189. The first kappa shape index (κ1) is 25.3. The van der Waals surface area contributed by atoms with Crippen molar-refractivity contribution in [3.63, 3.8) is 0 Å². The van der Waals surface area contributed by atoms with Crippen molar-refractivity contribution in [1.29, 1.82) is 0 Å². The number of fused-ring (bicyclic) bond motifs is 1. The molecule has 33 heavy (non-hydrogen) atoms. The molecule has 8 nitrogen and oxygen atoms in total. The summed E-state index contributed by atoms with van der Waals surface area (Å²) in [7, 11) is 3.08. The van der Waals surface area contributed by atoms with E-state index in [4.69, 9.17) is 18.9 Å². The van der Waals surface area contributed by atoms with Gasteiger partial charge >= 0.3 is 6.09 Å². The van der Waals surface area contributed by atoms with Gasteiger partial charge in [-0.25, -0.2) is 9.78 Å². The van der Waals surface area contributed by atoms with Crippen LogP contribution in [-0.2, 0) is 14.2 Å². The number of nitrogens with zero attached hydrogens (tertiary/aromatic N) is 1. The average Bonchev–Trinajstić information content (AvgIpc) is 3.28. The molecule has 0 bridgehead atoms. The average molecular weight is 454 g/mol. The number of hydrogen-bond acceptors (Lipinski definition) is 7. The van der Waals surface area contributed by atoms with E-state index in [1.54, 1.807) is 44.5 Å². The summed E-state index contributed by atoms with van der Waals surface area (Å²) in [6.45, 7) is 5.80. The van der Waals surface area contributed by atoms with E-state index in [0.717, 1.165) is 5.56 Å². The molecule has 0 fully saturated rings. The second-order valence-corrected chi connectivity index (χ2v) is 6.42. The number of aromatic nitrogens is 1. The highest BCUT2D eigenvalue weighted by atomic mass is 16.6. The van der Waals surface area contributed by atoms with E-state index in [0.29, 0.717) is 35.2 Å². The van der Waals surface area contributed by atoms with E-state index in [1.165, 1.54) is 13.4 Å². The number of ether oxygens (including phenoxy) is 4. The van der Waals surface area contributed by atoms with Crippen LogP contribution in [0.2, 0.25) is 0 Å². The van der Waals surface area contributed by atoms with Crippen LogP contribution >= 0.6 is 0 Å². The Bertz CT molecular complexity index is 976. The summed E-state index contributed by atoms with van der Waals surface area (Å²) in [5.74, 6) is 2.36. The summed E-state index contributed by atoms with van der Waals surface area (Å²) in [6, 6.07) is 11.0. The summed E-state index contributed by atoms with van der Waals surface area (Å²) in [5, 5.41) is 5.98. The first-order chi connectivity index (χ1) is 16.1. The zero-order valence-corrected chi connectivity index (χ0v) is 19.6. The molecule has 1 unspecified atom stereocenters. The zero-order chi connectivity index (χ0) is 24.1. The summed E-state index contributed by atoms with van der Waals surface area (Å²) >= 11 is 0. The Balaban J connectivity index is 0.00000187. The molecule has 0 aliphatic carbocycles. The summed E-state index contributed by atoms with van der Waals surface area (Å²) < 4.78 is 21.4. The van der Waals surface area contributed by atoms with E-state index in [9.17, 15) is 4.79 Å². The number of hydrogen-bond donors (Lipinski definition) is 2. The molecular formula is C25H31N3O5. The largest absolute Gasteiger partial charge is 0.501 e. The first-order valence-corrected chi connectivity index (χ1v) is 10.7. The van der Waals surface area contributed by atoms with Gasteiger partial charge in [-0.15, -0.1) is 0 Å². The number of allylic oxidation sites excluding steroid dienone is 3. The fourth-order valence-electron chi connectivity index (χ4n) is 2.89. The quantitative estimate of drug-likeness (QED) is 0.366. The molecule has 1 aliphatic rings. The zero-order valence-electron chi connectivity index (χ0n) is 19.6. The van der Waals surface area contributed by atoms with Crippen LogP contribution in [0.25, 0.3) is 0 Å². The molecule has 8 heteroatoms. The minimum Gasteiger partial charge on any atom is -0.501 e. The number of methoxy groups -OCH3 is 2. The van der Waals surface area contributed by atoms with Crippen LogP contribution in [0.4, 0.5) is 16.3 Å². The third kappa shape index (κ3) is 7.31. The molecule has 0 saturated heterocycles. The number of anilines is 2. The maximum Gasteiger partial charge on any atom is 0.416 e. The van der Waals surface area contributed by atoms with Crippen LogP contribution in [0.5, 0.6) is 5.75 Å². The molecule has 1 atom stereocenters. The number of rotatable bonds is 8. The molecule has 0 saturated carbocycles. The fourth-order valence-corrected chi connectivity index (χ4v) is 2.89. The summed E-state index contributed by atoms with van der Waals surface area (Å²) in [4.78, 5) is 16.7. The molecule has 176 valence electrons. The molecular weight excluding hydrogens is 422 g/mol. The summed E-state index contributed by atoms with van der Waals surface area (Å²) in [5.41, 5.74) is 1.34. The Morgan fingerprint density at radius 2 is 2.00 bits per heavy atom. The number of para-hydroxylation sites is 1. The predicted molar refractivity (Wildman–Crippen MR) is 129 cm³/mol. The van der Waals surface area contributed by atoms with Gasteiger partial charge in [0.25, 0.3) is 0 Å². The molecule has 1 amide bonds. The molecule has 1 aromatic heterocycles. The van der Waals surface area contributed by atoms with E-state index >= 15 is 0 Å². The van der Waals surface area contributed by atoms with Crippen LogP contribution < -0.4 is 15.4 Å². The van der Waals surface area contributed by atoms with E-state index in [-0.39, 0.29) is 0 Å². The van der Waals surface area contributed by atoms with Crippen molar-refractivity contribution in [3.05, 3.63) is 84.2 Å². The minimum absolute atomic E-state index is 0.407. The number of carbonyl (C=O) groups is 1. The Hall–Kier alpha value is -3.94. The van der Waals surface area contributed by atoms with Gasteiger partial charge in [0.05, 0.1) is 19.9 Å². The Labute approximate surface area is 194 Å². The second-order valence-electron chi connectivity index (χ2n) is 6.42. The fraction of sp³-hybridized carbons (Fsp3) is 0.280. The Morgan fingerprint density at radius 3 is 2.70 bits per heavy atom. The lowest BCUT2D eigenvalue weighted by Gasteiger charge is -2.16. The Morgan fingerprint density at radius 1 is 1.21 bits per heavy atom. The second kappa shape index (κ2) is 13.5. The van der Waals surface area contributed by atoms with E-state index in [1.807, 2.05) is 44.2 Å². The topological polar surface area (TPSA) is 90.9 Å². The molecule has 3 rings (SSSR count). The molecule has 0 spiro atoms. The Kier molecular flexibility index (Phi) is 10.3. The van der Waals surface area contributed by atoms with Crippen LogP contribution in [0.1, 0.15) is 39.0 Å². The van der Waals surface area contributed by atoms with Crippen LogP contribution in [0.15, 0.2) is 78.6 Å². The van der Waals surface area contributed by atoms with Crippen LogP contribution in [0.3, 0.4) is 0 Å². The van der Waals surface area contributed by atoms with E-state index in [2.05, 4.69) is 15.6 Å². The lowest BCUT2D eigenvalue weighted by atomic mass is 10.1.